The van der Waals surface area contributed by atoms with E-state index >= 15 is 0 Å². The third-order valence-electron chi connectivity index (χ3n) is 4.67. The zero-order chi connectivity index (χ0) is 23.3. The molecule has 0 spiro atoms. The molecular formula is C27H32O5. The zero-order valence-electron chi connectivity index (χ0n) is 19.3. The largest absolute Gasteiger partial charge is 0.507 e. The van der Waals surface area contributed by atoms with Gasteiger partial charge in [0.1, 0.15) is 23.9 Å². The monoisotopic (exact) mass is 436 g/mol. The topological polar surface area (TPSA) is 65.0 Å². The van der Waals surface area contributed by atoms with Crippen molar-refractivity contribution in [2.45, 2.75) is 33.6 Å². The third-order valence-corrected chi connectivity index (χ3v) is 4.67. The van der Waals surface area contributed by atoms with Gasteiger partial charge in [-0.2, -0.15) is 0 Å². The van der Waals surface area contributed by atoms with Crippen molar-refractivity contribution in [1.82, 2.24) is 0 Å². The van der Waals surface area contributed by atoms with Gasteiger partial charge in [-0.25, -0.2) is 0 Å². The van der Waals surface area contributed by atoms with Crippen LogP contribution >= 0.6 is 0 Å². The van der Waals surface area contributed by atoms with Crippen molar-refractivity contribution in [3.63, 3.8) is 0 Å². The molecule has 1 N–H and O–H groups in total. The smallest absolute Gasteiger partial charge is 0.188 e. The first-order valence-electron chi connectivity index (χ1n) is 10.6. The van der Waals surface area contributed by atoms with E-state index in [0.29, 0.717) is 29.2 Å². The maximum atomic E-state index is 12.4. The van der Waals surface area contributed by atoms with Crippen LogP contribution in [0.5, 0.6) is 17.2 Å². The highest BCUT2D eigenvalue weighted by atomic mass is 16.7. The average Bonchev–Trinajstić information content (AvgIpc) is 2.77. The van der Waals surface area contributed by atoms with Crippen LogP contribution in [-0.2, 0) is 4.74 Å². The average molecular weight is 437 g/mol. The number of phenols is 1. The second-order valence-electron chi connectivity index (χ2n) is 7.68. The van der Waals surface area contributed by atoms with E-state index in [9.17, 15) is 9.90 Å². The van der Waals surface area contributed by atoms with Gasteiger partial charge >= 0.3 is 0 Å². The summed E-state index contributed by atoms with van der Waals surface area (Å²) >= 11 is 0. The summed E-state index contributed by atoms with van der Waals surface area (Å²) < 4.78 is 15.9. The van der Waals surface area contributed by atoms with Gasteiger partial charge in [0.2, 0.25) is 0 Å². The van der Waals surface area contributed by atoms with Crippen LogP contribution in [0.4, 0.5) is 0 Å². The summed E-state index contributed by atoms with van der Waals surface area (Å²) in [5.74, 6) is 1.06. The molecule has 0 atom stereocenters. The fraction of sp³-hybridized carbons (Fsp3) is 0.296. The Balaban J connectivity index is 1.88. The number of allylic oxidation sites excluding steroid dienone is 4. The van der Waals surface area contributed by atoms with Crippen LogP contribution in [0, 0.1) is 0 Å². The van der Waals surface area contributed by atoms with Crippen molar-refractivity contribution in [3.8, 4) is 17.2 Å². The van der Waals surface area contributed by atoms with Crippen molar-refractivity contribution in [1.29, 1.82) is 0 Å². The molecule has 0 fully saturated rings. The van der Waals surface area contributed by atoms with E-state index in [1.807, 2.05) is 0 Å². The number of methoxy groups -OCH3 is 1. The Morgan fingerprint density at radius 1 is 0.969 bits per heavy atom. The highest BCUT2D eigenvalue weighted by Crippen LogP contribution is 2.25. The van der Waals surface area contributed by atoms with Crippen LogP contribution < -0.4 is 9.47 Å². The van der Waals surface area contributed by atoms with Crippen molar-refractivity contribution < 1.29 is 24.1 Å². The first-order chi connectivity index (χ1) is 15.4. The Kier molecular flexibility index (Phi) is 10.3. The number of benzene rings is 2. The fourth-order valence-electron chi connectivity index (χ4n) is 2.83. The number of carbonyl (C=O) groups excluding carboxylic acids is 1. The Morgan fingerprint density at radius 2 is 1.69 bits per heavy atom. The van der Waals surface area contributed by atoms with E-state index in [4.69, 9.17) is 14.2 Å². The molecule has 0 unspecified atom stereocenters. The maximum absolute atomic E-state index is 12.4. The number of carbonyl (C=O) groups is 1. The lowest BCUT2D eigenvalue weighted by atomic mass is 10.1. The Morgan fingerprint density at radius 3 is 2.34 bits per heavy atom. The highest BCUT2D eigenvalue weighted by molar-refractivity contribution is 6.07. The molecule has 0 amide bonds. The van der Waals surface area contributed by atoms with Crippen molar-refractivity contribution in [2.75, 3.05) is 20.5 Å². The molecule has 2 aromatic rings. The highest BCUT2D eigenvalue weighted by Gasteiger charge is 2.05. The van der Waals surface area contributed by atoms with Crippen LogP contribution in [-0.4, -0.2) is 31.4 Å². The van der Waals surface area contributed by atoms with Crippen LogP contribution in [0.25, 0.3) is 6.08 Å². The van der Waals surface area contributed by atoms with Crippen molar-refractivity contribution in [2.24, 2.45) is 0 Å². The molecule has 0 aromatic heterocycles. The molecule has 0 saturated heterocycles. The standard InChI is InChI=1S/C27H32O5/c1-20(2)6-5-7-21(3)16-17-31-24-12-8-22(9-13-24)26(28)15-11-23-10-14-25(18-27(23)29)32-19-30-4/h6,8-16,18,29H,5,7,17,19H2,1-4H3/b15-11+,21-16+. The van der Waals surface area contributed by atoms with E-state index in [1.165, 1.54) is 30.4 Å². The Labute approximate surface area is 190 Å². The minimum absolute atomic E-state index is 0.0237. The molecule has 0 aliphatic rings. The van der Waals surface area contributed by atoms with Crippen LogP contribution in [0.3, 0.4) is 0 Å². The lowest BCUT2D eigenvalue weighted by Crippen LogP contribution is -1.98. The molecule has 0 radical (unpaired) electrons. The van der Waals surface area contributed by atoms with Crippen molar-refractivity contribution in [3.05, 3.63) is 83.0 Å². The quantitative estimate of drug-likeness (QED) is 0.182. The minimum atomic E-state index is -0.161. The number of phenolic OH excluding ortho intramolecular Hbond substituents is 1. The normalized spacial score (nSPS) is 11.4. The maximum Gasteiger partial charge on any atom is 0.188 e. The molecule has 0 heterocycles. The number of hydrogen-bond donors (Lipinski definition) is 1. The molecule has 5 nitrogen and oxygen atoms in total. The van der Waals surface area contributed by atoms with Gasteiger partial charge in [0.05, 0.1) is 0 Å². The summed E-state index contributed by atoms with van der Waals surface area (Å²) in [6.45, 7) is 6.91. The van der Waals surface area contributed by atoms with Gasteiger partial charge in [-0.15, -0.1) is 0 Å². The van der Waals surface area contributed by atoms with Gasteiger partial charge in [-0.05, 0) is 88.2 Å². The molecular weight excluding hydrogens is 404 g/mol. The van der Waals surface area contributed by atoms with E-state index in [0.717, 1.165) is 12.8 Å². The molecule has 0 aliphatic heterocycles. The van der Waals surface area contributed by atoms with Gasteiger partial charge in [-0.1, -0.05) is 17.2 Å². The molecule has 0 bridgehead atoms. The van der Waals surface area contributed by atoms with Gasteiger partial charge in [-0.3, -0.25) is 4.79 Å². The van der Waals surface area contributed by atoms with E-state index in [2.05, 4.69) is 32.9 Å². The molecule has 0 saturated carbocycles. The summed E-state index contributed by atoms with van der Waals surface area (Å²) in [4.78, 5) is 12.4. The summed E-state index contributed by atoms with van der Waals surface area (Å²) in [5, 5.41) is 10.1. The van der Waals surface area contributed by atoms with Crippen LogP contribution in [0.15, 0.2) is 71.8 Å². The molecule has 0 aliphatic carbocycles. The van der Waals surface area contributed by atoms with Gasteiger partial charge in [0, 0.05) is 24.3 Å². The van der Waals surface area contributed by atoms with Crippen LogP contribution in [0.2, 0.25) is 0 Å². The van der Waals surface area contributed by atoms with Crippen LogP contribution in [0.1, 0.15) is 49.5 Å². The summed E-state index contributed by atoms with van der Waals surface area (Å²) in [5.41, 5.74) is 3.69. The first kappa shape index (κ1) is 25.0. The first-order valence-corrected chi connectivity index (χ1v) is 10.6. The SMILES string of the molecule is COCOc1ccc(/C=C/C(=O)c2ccc(OC/C=C(\C)CCC=C(C)C)cc2)c(O)c1. The van der Waals surface area contributed by atoms with Crippen molar-refractivity contribution >= 4 is 11.9 Å². The summed E-state index contributed by atoms with van der Waals surface area (Å²) in [7, 11) is 1.52. The second-order valence-corrected chi connectivity index (χ2v) is 7.68. The Hall–Kier alpha value is -3.31. The number of ketones is 1. The van der Waals surface area contributed by atoms with E-state index in [1.54, 1.807) is 42.5 Å². The predicted molar refractivity (Wildman–Crippen MR) is 128 cm³/mol. The Bertz CT molecular complexity index is 964. The minimum Gasteiger partial charge on any atom is -0.507 e. The predicted octanol–water partition coefficient (Wildman–Crippen LogP) is 6.34. The number of rotatable bonds is 12. The molecule has 2 aromatic carbocycles. The van der Waals surface area contributed by atoms with E-state index in [-0.39, 0.29) is 18.3 Å². The summed E-state index contributed by atoms with van der Waals surface area (Å²) in [6, 6.07) is 11.9. The number of aromatic hydroxyl groups is 1. The molecule has 32 heavy (non-hydrogen) atoms. The lowest BCUT2D eigenvalue weighted by molar-refractivity contribution is 0.0510. The zero-order valence-corrected chi connectivity index (χ0v) is 19.3. The fourth-order valence-corrected chi connectivity index (χ4v) is 2.83. The van der Waals surface area contributed by atoms with Gasteiger partial charge in [0.25, 0.3) is 0 Å². The van der Waals surface area contributed by atoms with Gasteiger partial charge in [0.15, 0.2) is 12.6 Å². The number of hydrogen-bond acceptors (Lipinski definition) is 5. The van der Waals surface area contributed by atoms with E-state index < -0.39 is 0 Å². The number of ether oxygens (including phenoxy) is 3. The third kappa shape index (κ3) is 8.82. The second kappa shape index (κ2) is 13.2. The lowest BCUT2D eigenvalue weighted by Gasteiger charge is -2.06. The molecule has 2 rings (SSSR count). The summed E-state index contributed by atoms with van der Waals surface area (Å²) in [6.07, 6.45) is 9.38. The molecule has 170 valence electrons. The van der Waals surface area contributed by atoms with Gasteiger partial charge < -0.3 is 19.3 Å². The molecule has 5 heteroatoms.